The van der Waals surface area contributed by atoms with Crippen molar-refractivity contribution in [3.8, 4) is 0 Å². The SMILES string of the molecule is Cn1nc(C2CCN(Cc3ccccc3)CC2)n(C2CC2)c1=O. The van der Waals surface area contributed by atoms with Gasteiger partial charge in [0.15, 0.2) is 0 Å². The summed E-state index contributed by atoms with van der Waals surface area (Å²) in [5.74, 6) is 1.45. The van der Waals surface area contributed by atoms with Gasteiger partial charge in [-0.3, -0.25) is 9.47 Å². The van der Waals surface area contributed by atoms with Gasteiger partial charge in [0.05, 0.1) is 0 Å². The van der Waals surface area contributed by atoms with Gasteiger partial charge >= 0.3 is 5.69 Å². The highest BCUT2D eigenvalue weighted by Crippen LogP contribution is 2.37. The molecule has 2 aliphatic rings. The van der Waals surface area contributed by atoms with Gasteiger partial charge in [-0.15, -0.1) is 0 Å². The highest BCUT2D eigenvalue weighted by atomic mass is 16.2. The molecule has 0 bridgehead atoms. The Labute approximate surface area is 136 Å². The molecule has 0 spiro atoms. The fourth-order valence-corrected chi connectivity index (χ4v) is 3.64. The van der Waals surface area contributed by atoms with Crippen LogP contribution in [0.15, 0.2) is 35.1 Å². The molecule has 1 aliphatic carbocycles. The number of piperidine rings is 1. The van der Waals surface area contributed by atoms with Crippen LogP contribution in [0.2, 0.25) is 0 Å². The van der Waals surface area contributed by atoms with Crippen LogP contribution < -0.4 is 5.69 Å². The highest BCUT2D eigenvalue weighted by Gasteiger charge is 2.33. The Morgan fingerprint density at radius 3 is 2.43 bits per heavy atom. The number of likely N-dealkylation sites (tertiary alicyclic amines) is 1. The lowest BCUT2D eigenvalue weighted by Gasteiger charge is -2.31. The molecule has 0 amide bonds. The number of aromatic nitrogens is 3. The van der Waals surface area contributed by atoms with E-state index >= 15 is 0 Å². The fraction of sp³-hybridized carbons (Fsp3) is 0.556. The molecular weight excluding hydrogens is 288 g/mol. The molecule has 5 heteroatoms. The largest absolute Gasteiger partial charge is 0.345 e. The zero-order valence-corrected chi connectivity index (χ0v) is 13.7. The molecule has 1 saturated carbocycles. The molecule has 1 aromatic carbocycles. The summed E-state index contributed by atoms with van der Waals surface area (Å²) in [5.41, 5.74) is 1.44. The van der Waals surface area contributed by atoms with E-state index in [0.29, 0.717) is 12.0 Å². The van der Waals surface area contributed by atoms with E-state index in [1.165, 1.54) is 10.2 Å². The van der Waals surface area contributed by atoms with Crippen LogP contribution in [0, 0.1) is 0 Å². The number of benzene rings is 1. The average Bonchev–Trinajstić information content (AvgIpc) is 3.36. The highest BCUT2D eigenvalue weighted by molar-refractivity contribution is 5.14. The van der Waals surface area contributed by atoms with Crippen LogP contribution in [0.25, 0.3) is 0 Å². The number of hydrogen-bond acceptors (Lipinski definition) is 3. The van der Waals surface area contributed by atoms with E-state index in [0.717, 1.165) is 51.1 Å². The number of rotatable bonds is 4. The van der Waals surface area contributed by atoms with Gasteiger partial charge in [-0.1, -0.05) is 30.3 Å². The predicted molar refractivity (Wildman–Crippen MR) is 89.4 cm³/mol. The summed E-state index contributed by atoms with van der Waals surface area (Å²) in [6, 6.07) is 11.1. The third-order valence-electron chi connectivity index (χ3n) is 5.10. The van der Waals surface area contributed by atoms with E-state index in [4.69, 9.17) is 0 Å². The van der Waals surface area contributed by atoms with E-state index in [9.17, 15) is 4.79 Å². The minimum absolute atomic E-state index is 0.0641. The van der Waals surface area contributed by atoms with Gasteiger partial charge in [0, 0.05) is 25.6 Å². The van der Waals surface area contributed by atoms with Gasteiger partial charge in [0.25, 0.3) is 0 Å². The van der Waals surface area contributed by atoms with Gasteiger partial charge in [-0.2, -0.15) is 5.10 Å². The van der Waals surface area contributed by atoms with Crippen LogP contribution in [0.4, 0.5) is 0 Å². The van der Waals surface area contributed by atoms with Crippen LogP contribution in [0.3, 0.4) is 0 Å². The average molecular weight is 312 g/mol. The summed E-state index contributed by atoms with van der Waals surface area (Å²) in [7, 11) is 1.77. The maximum atomic E-state index is 12.3. The van der Waals surface area contributed by atoms with Crippen LogP contribution in [-0.2, 0) is 13.6 Å². The molecule has 2 heterocycles. The van der Waals surface area contributed by atoms with Gasteiger partial charge < -0.3 is 0 Å². The lowest BCUT2D eigenvalue weighted by molar-refractivity contribution is 0.199. The first kappa shape index (κ1) is 14.7. The molecule has 4 rings (SSSR count). The molecule has 1 saturated heterocycles. The minimum Gasteiger partial charge on any atom is -0.299 e. The van der Waals surface area contributed by atoms with E-state index in [1.54, 1.807) is 7.05 Å². The molecule has 0 N–H and O–H groups in total. The van der Waals surface area contributed by atoms with E-state index in [1.807, 2.05) is 4.57 Å². The van der Waals surface area contributed by atoms with Gasteiger partial charge in [-0.25, -0.2) is 9.48 Å². The molecular formula is C18H24N4O. The molecule has 23 heavy (non-hydrogen) atoms. The Balaban J connectivity index is 1.44. The standard InChI is InChI=1S/C18H24N4O/c1-20-18(23)22(16-7-8-16)17(19-20)15-9-11-21(12-10-15)13-14-5-3-2-4-6-14/h2-6,15-16H,7-13H2,1H3. The second-order valence-corrected chi connectivity index (χ2v) is 6.90. The zero-order valence-electron chi connectivity index (χ0n) is 13.7. The summed E-state index contributed by atoms with van der Waals surface area (Å²) >= 11 is 0. The Hall–Kier alpha value is -1.88. The van der Waals surface area contributed by atoms with Crippen molar-refractivity contribution in [1.82, 2.24) is 19.2 Å². The van der Waals surface area contributed by atoms with Crippen molar-refractivity contribution in [2.75, 3.05) is 13.1 Å². The Morgan fingerprint density at radius 2 is 1.78 bits per heavy atom. The first-order chi connectivity index (χ1) is 11.2. The third kappa shape index (κ3) is 2.98. The van der Waals surface area contributed by atoms with Crippen LogP contribution >= 0.6 is 0 Å². The van der Waals surface area contributed by atoms with Gasteiger partial charge in [0.1, 0.15) is 5.82 Å². The van der Waals surface area contributed by atoms with Crippen molar-refractivity contribution in [1.29, 1.82) is 0 Å². The van der Waals surface area contributed by atoms with Crippen LogP contribution in [0.5, 0.6) is 0 Å². The van der Waals surface area contributed by atoms with E-state index in [-0.39, 0.29) is 5.69 Å². The Morgan fingerprint density at radius 1 is 1.09 bits per heavy atom. The molecule has 0 unspecified atom stereocenters. The number of hydrogen-bond donors (Lipinski definition) is 0. The van der Waals surface area contributed by atoms with E-state index in [2.05, 4.69) is 40.3 Å². The Bertz CT molecular complexity index is 721. The molecule has 2 fully saturated rings. The normalized spacial score (nSPS) is 20.0. The summed E-state index contributed by atoms with van der Waals surface area (Å²) in [5, 5.41) is 4.55. The maximum Gasteiger partial charge on any atom is 0.345 e. The molecule has 5 nitrogen and oxygen atoms in total. The first-order valence-corrected chi connectivity index (χ1v) is 8.64. The second-order valence-electron chi connectivity index (χ2n) is 6.90. The molecule has 2 aromatic rings. The summed E-state index contributed by atoms with van der Waals surface area (Å²) in [6.07, 6.45) is 4.45. The first-order valence-electron chi connectivity index (χ1n) is 8.64. The number of aryl methyl sites for hydroxylation is 1. The quantitative estimate of drug-likeness (QED) is 0.870. The summed E-state index contributed by atoms with van der Waals surface area (Å²) < 4.78 is 3.49. The zero-order chi connectivity index (χ0) is 15.8. The van der Waals surface area contributed by atoms with Crippen LogP contribution in [0.1, 0.15) is 49.0 Å². The van der Waals surface area contributed by atoms with Crippen molar-refractivity contribution >= 4 is 0 Å². The monoisotopic (exact) mass is 312 g/mol. The molecule has 0 atom stereocenters. The van der Waals surface area contributed by atoms with Crippen molar-refractivity contribution in [3.63, 3.8) is 0 Å². The molecule has 1 aliphatic heterocycles. The maximum absolute atomic E-state index is 12.3. The van der Waals surface area contributed by atoms with Crippen LogP contribution in [-0.4, -0.2) is 32.3 Å². The minimum atomic E-state index is 0.0641. The second kappa shape index (κ2) is 5.96. The molecule has 1 aromatic heterocycles. The molecule has 0 radical (unpaired) electrons. The van der Waals surface area contributed by atoms with Crippen molar-refractivity contribution < 1.29 is 0 Å². The lowest BCUT2D eigenvalue weighted by Crippen LogP contribution is -2.33. The fourth-order valence-electron chi connectivity index (χ4n) is 3.64. The van der Waals surface area contributed by atoms with Crippen molar-refractivity contribution in [2.24, 2.45) is 7.05 Å². The topological polar surface area (TPSA) is 43.1 Å². The smallest absolute Gasteiger partial charge is 0.299 e. The van der Waals surface area contributed by atoms with Crippen molar-refractivity contribution in [3.05, 3.63) is 52.2 Å². The van der Waals surface area contributed by atoms with E-state index < -0.39 is 0 Å². The van der Waals surface area contributed by atoms with Gasteiger partial charge in [-0.05, 0) is 44.3 Å². The molecule has 122 valence electrons. The third-order valence-corrected chi connectivity index (χ3v) is 5.10. The number of nitrogens with zero attached hydrogens (tertiary/aromatic N) is 4. The summed E-state index contributed by atoms with van der Waals surface area (Å²) in [6.45, 7) is 3.18. The van der Waals surface area contributed by atoms with Gasteiger partial charge in [0.2, 0.25) is 0 Å². The lowest BCUT2D eigenvalue weighted by atomic mass is 9.95. The Kier molecular flexibility index (Phi) is 3.81. The van der Waals surface area contributed by atoms with Crippen molar-refractivity contribution in [2.45, 2.75) is 44.2 Å². The predicted octanol–water partition coefficient (Wildman–Crippen LogP) is 2.30. The summed E-state index contributed by atoms with van der Waals surface area (Å²) in [4.78, 5) is 14.8.